The molecule has 114 valence electrons. The third kappa shape index (κ3) is 2.16. The van der Waals surface area contributed by atoms with Gasteiger partial charge in [0, 0.05) is 11.5 Å². The zero-order valence-corrected chi connectivity index (χ0v) is 13.4. The number of fused-ring (bicyclic) bond motifs is 1. The van der Waals surface area contributed by atoms with Crippen LogP contribution in [0.15, 0.2) is 24.3 Å². The first-order valence-electron chi connectivity index (χ1n) is 7.88. The van der Waals surface area contributed by atoms with Gasteiger partial charge in [-0.3, -0.25) is 0 Å². The molecule has 0 radical (unpaired) electrons. The van der Waals surface area contributed by atoms with Crippen molar-refractivity contribution >= 4 is 16.3 Å². The standard InChI is InChI=1S/C17H19N3OS/c1-2-11-6-8-12(9-7-11)15-14(10-21)20-17(18-15)22-16(19-20)13-4-3-5-13/h6-9,13,21H,2-5,10H2,1H3. The molecule has 0 atom stereocenters. The van der Waals surface area contributed by atoms with Crippen LogP contribution in [0.5, 0.6) is 0 Å². The molecule has 0 spiro atoms. The first-order valence-corrected chi connectivity index (χ1v) is 8.70. The van der Waals surface area contributed by atoms with Crippen molar-refractivity contribution in [2.24, 2.45) is 0 Å². The molecule has 1 aliphatic carbocycles. The van der Waals surface area contributed by atoms with E-state index in [0.717, 1.165) is 33.3 Å². The summed E-state index contributed by atoms with van der Waals surface area (Å²) in [5.74, 6) is 0.602. The van der Waals surface area contributed by atoms with Crippen LogP contribution in [-0.4, -0.2) is 19.7 Å². The van der Waals surface area contributed by atoms with E-state index in [2.05, 4.69) is 31.2 Å². The van der Waals surface area contributed by atoms with Gasteiger partial charge in [0.15, 0.2) is 0 Å². The number of benzene rings is 1. The van der Waals surface area contributed by atoms with Crippen molar-refractivity contribution in [3.8, 4) is 11.3 Å². The Morgan fingerprint density at radius 3 is 2.64 bits per heavy atom. The number of imidazole rings is 1. The van der Waals surface area contributed by atoms with Gasteiger partial charge in [-0.25, -0.2) is 9.50 Å². The van der Waals surface area contributed by atoms with Crippen molar-refractivity contribution in [3.05, 3.63) is 40.5 Å². The Kier molecular flexibility index (Phi) is 3.47. The van der Waals surface area contributed by atoms with Crippen molar-refractivity contribution in [1.82, 2.24) is 14.6 Å². The zero-order chi connectivity index (χ0) is 15.1. The van der Waals surface area contributed by atoms with Crippen LogP contribution in [0.3, 0.4) is 0 Å². The number of aliphatic hydroxyl groups is 1. The molecule has 1 aliphatic rings. The average Bonchev–Trinajstić information content (AvgIpc) is 3.02. The predicted octanol–water partition coefficient (Wildman–Crippen LogP) is 3.78. The third-order valence-electron chi connectivity index (χ3n) is 4.55. The van der Waals surface area contributed by atoms with Gasteiger partial charge in [-0.05, 0) is 24.8 Å². The van der Waals surface area contributed by atoms with Crippen LogP contribution in [0, 0.1) is 0 Å². The number of aromatic nitrogens is 3. The van der Waals surface area contributed by atoms with E-state index in [1.807, 2.05) is 4.52 Å². The molecular weight excluding hydrogens is 294 g/mol. The van der Waals surface area contributed by atoms with Gasteiger partial charge in [0.25, 0.3) is 0 Å². The molecule has 0 aliphatic heterocycles. The van der Waals surface area contributed by atoms with E-state index >= 15 is 0 Å². The minimum absolute atomic E-state index is 0.0418. The fourth-order valence-corrected chi connectivity index (χ4v) is 3.98. The van der Waals surface area contributed by atoms with Crippen LogP contribution in [0.25, 0.3) is 16.2 Å². The topological polar surface area (TPSA) is 50.4 Å². The van der Waals surface area contributed by atoms with Crippen molar-refractivity contribution in [2.45, 2.75) is 45.1 Å². The Labute approximate surface area is 133 Å². The summed E-state index contributed by atoms with van der Waals surface area (Å²) in [5.41, 5.74) is 4.00. The first-order chi connectivity index (χ1) is 10.8. The van der Waals surface area contributed by atoms with Gasteiger partial charge in [0.1, 0.15) is 5.01 Å². The molecule has 2 heterocycles. The second kappa shape index (κ2) is 5.48. The molecule has 1 N–H and O–H groups in total. The van der Waals surface area contributed by atoms with Gasteiger partial charge in [0.05, 0.1) is 18.0 Å². The fourth-order valence-electron chi connectivity index (χ4n) is 2.90. The van der Waals surface area contributed by atoms with Crippen LogP contribution in [0.2, 0.25) is 0 Å². The molecule has 0 unspecified atom stereocenters. The molecule has 0 saturated heterocycles. The van der Waals surface area contributed by atoms with Crippen LogP contribution < -0.4 is 0 Å². The minimum Gasteiger partial charge on any atom is -0.390 e. The van der Waals surface area contributed by atoms with E-state index in [1.165, 1.54) is 24.8 Å². The summed E-state index contributed by atoms with van der Waals surface area (Å²) in [4.78, 5) is 5.62. The maximum atomic E-state index is 9.79. The van der Waals surface area contributed by atoms with Crippen molar-refractivity contribution in [1.29, 1.82) is 0 Å². The molecule has 5 heteroatoms. The highest BCUT2D eigenvalue weighted by molar-refractivity contribution is 7.16. The van der Waals surface area contributed by atoms with Gasteiger partial charge in [0.2, 0.25) is 4.96 Å². The minimum atomic E-state index is -0.0418. The lowest BCUT2D eigenvalue weighted by molar-refractivity contribution is 0.274. The molecule has 0 bridgehead atoms. The number of hydrogen-bond acceptors (Lipinski definition) is 4. The molecular formula is C17H19N3OS. The summed E-state index contributed by atoms with van der Waals surface area (Å²) in [6.07, 6.45) is 4.79. The van der Waals surface area contributed by atoms with Gasteiger partial charge < -0.3 is 5.11 Å². The third-order valence-corrected chi connectivity index (χ3v) is 5.62. The second-order valence-corrected chi connectivity index (χ2v) is 6.87. The SMILES string of the molecule is CCc1ccc(-c2nc3sc(C4CCC4)nn3c2CO)cc1. The second-order valence-electron chi connectivity index (χ2n) is 5.88. The Morgan fingerprint density at radius 2 is 2.05 bits per heavy atom. The molecule has 4 nitrogen and oxygen atoms in total. The Bertz CT molecular complexity index is 799. The zero-order valence-electron chi connectivity index (χ0n) is 12.6. The number of hydrogen-bond donors (Lipinski definition) is 1. The molecule has 22 heavy (non-hydrogen) atoms. The molecule has 2 aromatic heterocycles. The van der Waals surface area contributed by atoms with Gasteiger partial charge in [-0.1, -0.05) is 48.9 Å². The number of nitrogens with zero attached hydrogens (tertiary/aromatic N) is 3. The quantitative estimate of drug-likeness (QED) is 0.797. The maximum Gasteiger partial charge on any atom is 0.213 e. The van der Waals surface area contributed by atoms with E-state index in [4.69, 9.17) is 10.1 Å². The van der Waals surface area contributed by atoms with E-state index in [1.54, 1.807) is 11.3 Å². The number of rotatable bonds is 4. The highest BCUT2D eigenvalue weighted by Crippen LogP contribution is 2.39. The molecule has 0 amide bonds. The normalized spacial score (nSPS) is 15.4. The lowest BCUT2D eigenvalue weighted by Gasteiger charge is -2.21. The monoisotopic (exact) mass is 313 g/mol. The highest BCUT2D eigenvalue weighted by Gasteiger charge is 2.25. The van der Waals surface area contributed by atoms with E-state index in [0.29, 0.717) is 5.92 Å². The maximum absolute atomic E-state index is 9.79. The molecule has 1 saturated carbocycles. The van der Waals surface area contributed by atoms with E-state index in [9.17, 15) is 5.11 Å². The Balaban J connectivity index is 1.77. The Morgan fingerprint density at radius 1 is 1.27 bits per heavy atom. The average molecular weight is 313 g/mol. The van der Waals surface area contributed by atoms with Crippen molar-refractivity contribution in [2.75, 3.05) is 0 Å². The lowest BCUT2D eigenvalue weighted by Crippen LogP contribution is -2.09. The fraction of sp³-hybridized carbons (Fsp3) is 0.412. The molecule has 4 rings (SSSR count). The van der Waals surface area contributed by atoms with Gasteiger partial charge in [-0.15, -0.1) is 0 Å². The summed E-state index contributed by atoms with van der Waals surface area (Å²) >= 11 is 1.66. The number of aryl methyl sites for hydroxylation is 1. The van der Waals surface area contributed by atoms with Crippen molar-refractivity contribution in [3.63, 3.8) is 0 Å². The van der Waals surface area contributed by atoms with Crippen LogP contribution >= 0.6 is 11.3 Å². The lowest BCUT2D eigenvalue weighted by atomic mass is 9.86. The summed E-state index contributed by atoms with van der Waals surface area (Å²) < 4.78 is 1.83. The largest absolute Gasteiger partial charge is 0.390 e. The summed E-state index contributed by atoms with van der Waals surface area (Å²) in [5, 5.41) is 15.7. The number of aliphatic hydroxyl groups excluding tert-OH is 1. The van der Waals surface area contributed by atoms with Crippen LogP contribution in [-0.2, 0) is 13.0 Å². The predicted molar refractivity (Wildman–Crippen MR) is 88.2 cm³/mol. The molecule has 1 fully saturated rings. The van der Waals surface area contributed by atoms with Crippen LogP contribution in [0.1, 0.15) is 48.4 Å². The first kappa shape index (κ1) is 13.9. The Hall–Kier alpha value is -1.72. The summed E-state index contributed by atoms with van der Waals surface area (Å²) in [7, 11) is 0. The molecule has 3 aromatic rings. The summed E-state index contributed by atoms with van der Waals surface area (Å²) in [6.45, 7) is 2.10. The van der Waals surface area contributed by atoms with Crippen molar-refractivity contribution < 1.29 is 5.11 Å². The van der Waals surface area contributed by atoms with Crippen LogP contribution in [0.4, 0.5) is 0 Å². The summed E-state index contributed by atoms with van der Waals surface area (Å²) in [6, 6.07) is 8.41. The molecule has 1 aromatic carbocycles. The highest BCUT2D eigenvalue weighted by atomic mass is 32.1. The van der Waals surface area contributed by atoms with Gasteiger partial charge >= 0.3 is 0 Å². The smallest absolute Gasteiger partial charge is 0.213 e. The van der Waals surface area contributed by atoms with E-state index in [-0.39, 0.29) is 6.61 Å². The van der Waals surface area contributed by atoms with E-state index < -0.39 is 0 Å². The van der Waals surface area contributed by atoms with Gasteiger partial charge in [-0.2, -0.15) is 5.10 Å².